The SMILES string of the molecule is CC.CCC(C)CC(=O)N(Cc1ccccc1)[C@@H](Cc1ccccc1)C(O)O. The summed E-state index contributed by atoms with van der Waals surface area (Å²) in [5.74, 6) is 0.214. The van der Waals surface area contributed by atoms with E-state index in [1.54, 1.807) is 4.90 Å². The average Bonchev–Trinajstić information content (AvgIpc) is 2.73. The van der Waals surface area contributed by atoms with Crippen molar-refractivity contribution in [3.05, 3.63) is 71.8 Å². The molecule has 2 atom stereocenters. The summed E-state index contributed by atoms with van der Waals surface area (Å²) in [5, 5.41) is 20.0. The zero-order chi connectivity index (χ0) is 20.9. The minimum absolute atomic E-state index is 0.0442. The number of amides is 1. The van der Waals surface area contributed by atoms with Crippen LogP contribution in [0.25, 0.3) is 0 Å². The van der Waals surface area contributed by atoms with Crippen molar-refractivity contribution in [1.29, 1.82) is 0 Å². The number of hydrogen-bond acceptors (Lipinski definition) is 3. The first-order valence-electron chi connectivity index (χ1n) is 10.2. The maximum atomic E-state index is 13.0. The van der Waals surface area contributed by atoms with E-state index in [2.05, 4.69) is 6.92 Å². The standard InChI is InChI=1S/C22H29NO3.C2H6/c1-3-17(2)14-21(24)23(16-19-12-8-5-9-13-19)20(22(25)26)15-18-10-6-4-7-11-18;1-2/h4-13,17,20,22,25-26H,3,14-16H2,1-2H3;1-2H3/t17?,20-;/m0./s1. The van der Waals surface area contributed by atoms with Gasteiger partial charge in [-0.05, 0) is 23.5 Å². The Morgan fingerprint density at radius 1 is 0.929 bits per heavy atom. The minimum Gasteiger partial charge on any atom is -0.366 e. The summed E-state index contributed by atoms with van der Waals surface area (Å²) in [5.41, 5.74) is 1.95. The number of nitrogens with zero attached hydrogens (tertiary/aromatic N) is 1. The molecule has 154 valence electrons. The number of rotatable bonds is 9. The molecule has 2 rings (SSSR count). The molecule has 2 aromatic rings. The molecule has 4 nitrogen and oxygen atoms in total. The maximum absolute atomic E-state index is 13.0. The first kappa shape index (κ1) is 23.9. The minimum atomic E-state index is -1.60. The lowest BCUT2D eigenvalue weighted by atomic mass is 10.00. The molecule has 1 amide bonds. The number of carbonyl (C=O) groups excluding carboxylic acids is 1. The molecule has 0 aliphatic carbocycles. The van der Waals surface area contributed by atoms with E-state index in [0.29, 0.717) is 19.4 Å². The lowest BCUT2D eigenvalue weighted by Crippen LogP contribution is -2.48. The molecule has 0 spiro atoms. The normalized spacial score (nSPS) is 12.7. The zero-order valence-electron chi connectivity index (χ0n) is 17.6. The van der Waals surface area contributed by atoms with Crippen molar-refractivity contribution in [2.45, 2.75) is 65.8 Å². The monoisotopic (exact) mass is 385 g/mol. The predicted octanol–water partition coefficient (Wildman–Crippen LogP) is 4.40. The van der Waals surface area contributed by atoms with Crippen LogP contribution in [0.3, 0.4) is 0 Å². The second-order valence-electron chi connectivity index (χ2n) is 6.90. The second kappa shape index (κ2) is 13.1. The van der Waals surface area contributed by atoms with Gasteiger partial charge in [0.1, 0.15) is 0 Å². The molecular weight excluding hydrogens is 350 g/mol. The van der Waals surface area contributed by atoms with Crippen LogP contribution >= 0.6 is 0 Å². The average molecular weight is 386 g/mol. The number of benzene rings is 2. The van der Waals surface area contributed by atoms with Gasteiger partial charge < -0.3 is 15.1 Å². The van der Waals surface area contributed by atoms with Crippen molar-refractivity contribution in [3.8, 4) is 0 Å². The van der Waals surface area contributed by atoms with E-state index in [1.165, 1.54) is 0 Å². The number of aliphatic hydroxyl groups excluding tert-OH is 1. The maximum Gasteiger partial charge on any atom is 0.223 e. The molecule has 2 N–H and O–H groups in total. The molecule has 0 aliphatic rings. The van der Waals surface area contributed by atoms with Crippen molar-refractivity contribution in [2.24, 2.45) is 5.92 Å². The highest BCUT2D eigenvalue weighted by Gasteiger charge is 2.29. The summed E-state index contributed by atoms with van der Waals surface area (Å²) >= 11 is 0. The zero-order valence-corrected chi connectivity index (χ0v) is 17.6. The Bertz CT molecular complexity index is 658. The van der Waals surface area contributed by atoms with Gasteiger partial charge in [-0.3, -0.25) is 4.79 Å². The van der Waals surface area contributed by atoms with E-state index in [9.17, 15) is 15.0 Å². The van der Waals surface area contributed by atoms with E-state index in [4.69, 9.17) is 0 Å². The number of hydrogen-bond donors (Lipinski definition) is 2. The van der Waals surface area contributed by atoms with E-state index in [1.807, 2.05) is 81.4 Å². The van der Waals surface area contributed by atoms with Crippen molar-refractivity contribution in [1.82, 2.24) is 4.90 Å². The first-order chi connectivity index (χ1) is 13.5. The quantitative estimate of drug-likeness (QED) is 0.629. The summed E-state index contributed by atoms with van der Waals surface area (Å²) in [6.07, 6.45) is 0.120. The molecule has 0 aliphatic heterocycles. The van der Waals surface area contributed by atoms with Crippen molar-refractivity contribution in [3.63, 3.8) is 0 Å². The smallest absolute Gasteiger partial charge is 0.223 e. The summed E-state index contributed by atoms with van der Waals surface area (Å²) in [6, 6.07) is 18.6. The fourth-order valence-corrected chi connectivity index (χ4v) is 2.96. The molecule has 28 heavy (non-hydrogen) atoms. The van der Waals surface area contributed by atoms with Gasteiger partial charge >= 0.3 is 0 Å². The van der Waals surface area contributed by atoms with Crippen molar-refractivity contribution in [2.75, 3.05) is 0 Å². The van der Waals surface area contributed by atoms with E-state index in [0.717, 1.165) is 17.5 Å². The molecule has 0 saturated carbocycles. The van der Waals surface area contributed by atoms with Gasteiger partial charge in [-0.1, -0.05) is 94.8 Å². The van der Waals surface area contributed by atoms with Gasteiger partial charge in [0.15, 0.2) is 6.29 Å². The van der Waals surface area contributed by atoms with Gasteiger partial charge in [-0.25, -0.2) is 0 Å². The third-order valence-electron chi connectivity index (χ3n) is 4.77. The van der Waals surface area contributed by atoms with Crippen LogP contribution in [0.15, 0.2) is 60.7 Å². The molecule has 0 saturated heterocycles. The Labute approximate surface area is 169 Å². The Balaban J connectivity index is 0.00000190. The van der Waals surface area contributed by atoms with Crippen molar-refractivity contribution < 1.29 is 15.0 Å². The van der Waals surface area contributed by atoms with Crippen LogP contribution in [-0.4, -0.2) is 33.4 Å². The molecule has 2 aromatic carbocycles. The van der Waals surface area contributed by atoms with Crippen LogP contribution < -0.4 is 0 Å². The third kappa shape index (κ3) is 7.83. The second-order valence-corrected chi connectivity index (χ2v) is 6.90. The summed E-state index contributed by atoms with van der Waals surface area (Å²) in [7, 11) is 0. The highest BCUT2D eigenvalue weighted by Crippen LogP contribution is 2.19. The molecule has 0 radical (unpaired) electrons. The fraction of sp³-hybridized carbons (Fsp3) is 0.458. The van der Waals surface area contributed by atoms with Crippen molar-refractivity contribution >= 4 is 5.91 Å². The lowest BCUT2D eigenvalue weighted by Gasteiger charge is -2.34. The largest absolute Gasteiger partial charge is 0.366 e. The Kier molecular flexibility index (Phi) is 11.2. The van der Waals surface area contributed by atoms with E-state index >= 15 is 0 Å². The first-order valence-corrected chi connectivity index (χ1v) is 10.2. The lowest BCUT2D eigenvalue weighted by molar-refractivity contribution is -0.149. The van der Waals surface area contributed by atoms with E-state index < -0.39 is 12.3 Å². The number of aliphatic hydroxyl groups is 2. The summed E-state index contributed by atoms with van der Waals surface area (Å²) in [6.45, 7) is 8.47. The van der Waals surface area contributed by atoms with Crippen LogP contribution in [0, 0.1) is 5.92 Å². The molecule has 0 aromatic heterocycles. The molecular formula is C24H35NO3. The highest BCUT2D eigenvalue weighted by molar-refractivity contribution is 5.77. The molecule has 4 heteroatoms. The fourth-order valence-electron chi connectivity index (χ4n) is 2.96. The Morgan fingerprint density at radius 2 is 1.43 bits per heavy atom. The topological polar surface area (TPSA) is 60.8 Å². The van der Waals surface area contributed by atoms with Gasteiger partial charge in [0, 0.05) is 13.0 Å². The van der Waals surface area contributed by atoms with Crippen LogP contribution in [-0.2, 0) is 17.8 Å². The van der Waals surface area contributed by atoms with Gasteiger partial charge in [-0.15, -0.1) is 0 Å². The Hall–Kier alpha value is -2.17. The highest BCUT2D eigenvalue weighted by atomic mass is 16.5. The summed E-state index contributed by atoms with van der Waals surface area (Å²) < 4.78 is 0. The molecule has 0 heterocycles. The van der Waals surface area contributed by atoms with Gasteiger partial charge in [0.25, 0.3) is 0 Å². The van der Waals surface area contributed by atoms with Crippen LogP contribution in [0.2, 0.25) is 0 Å². The summed E-state index contributed by atoms with van der Waals surface area (Å²) in [4.78, 5) is 14.6. The van der Waals surface area contributed by atoms with Gasteiger partial charge in [-0.2, -0.15) is 0 Å². The van der Waals surface area contributed by atoms with Gasteiger partial charge in [0.2, 0.25) is 5.91 Å². The molecule has 0 fully saturated rings. The van der Waals surface area contributed by atoms with Crippen LogP contribution in [0.5, 0.6) is 0 Å². The molecule has 0 bridgehead atoms. The third-order valence-corrected chi connectivity index (χ3v) is 4.77. The number of carbonyl (C=O) groups is 1. The Morgan fingerprint density at radius 3 is 1.89 bits per heavy atom. The van der Waals surface area contributed by atoms with Gasteiger partial charge in [0.05, 0.1) is 6.04 Å². The van der Waals surface area contributed by atoms with Crippen LogP contribution in [0.1, 0.15) is 51.7 Å². The van der Waals surface area contributed by atoms with Crippen LogP contribution in [0.4, 0.5) is 0 Å². The predicted molar refractivity (Wildman–Crippen MR) is 115 cm³/mol. The van der Waals surface area contributed by atoms with E-state index in [-0.39, 0.29) is 11.8 Å². The molecule has 1 unspecified atom stereocenters.